The lowest BCUT2D eigenvalue weighted by molar-refractivity contribution is -0.125. The normalized spacial score (nSPS) is 20.8. The van der Waals surface area contributed by atoms with E-state index in [0.717, 1.165) is 31.4 Å². The van der Waals surface area contributed by atoms with Crippen molar-refractivity contribution in [3.05, 3.63) is 35.9 Å². The Kier molecular flexibility index (Phi) is 5.36. The van der Waals surface area contributed by atoms with E-state index in [2.05, 4.69) is 5.32 Å². The quantitative estimate of drug-likeness (QED) is 0.851. The maximum absolute atomic E-state index is 12.0. The molecular weight excluding hydrogens is 242 g/mol. The van der Waals surface area contributed by atoms with Gasteiger partial charge in [-0.1, -0.05) is 30.3 Å². The van der Waals surface area contributed by atoms with Crippen LogP contribution in [0.15, 0.2) is 30.3 Å². The standard InChI is InChI=1S/C15H21NO3/c17-11-14(12-6-2-1-3-7-12)16-15(18)10-13-8-4-5-9-19-13/h1-3,6-7,13-14,17H,4-5,8-11H2,(H,16,18). The molecule has 2 atom stereocenters. The van der Waals surface area contributed by atoms with Gasteiger partial charge in [-0.25, -0.2) is 0 Å². The lowest BCUT2D eigenvalue weighted by Crippen LogP contribution is -2.34. The van der Waals surface area contributed by atoms with Crippen LogP contribution < -0.4 is 5.32 Å². The first-order valence-corrected chi connectivity index (χ1v) is 6.86. The fourth-order valence-electron chi connectivity index (χ4n) is 2.35. The van der Waals surface area contributed by atoms with Crippen LogP contribution in [0.4, 0.5) is 0 Å². The molecule has 2 unspecified atom stereocenters. The van der Waals surface area contributed by atoms with Gasteiger partial charge in [-0.2, -0.15) is 0 Å². The van der Waals surface area contributed by atoms with Gasteiger partial charge in [0.05, 0.1) is 25.2 Å². The van der Waals surface area contributed by atoms with Gasteiger partial charge in [-0.3, -0.25) is 4.79 Å². The summed E-state index contributed by atoms with van der Waals surface area (Å²) in [5.74, 6) is -0.0604. The molecule has 1 aromatic carbocycles. The molecule has 4 heteroatoms. The topological polar surface area (TPSA) is 58.6 Å². The summed E-state index contributed by atoms with van der Waals surface area (Å²) in [6.07, 6.45) is 3.57. The summed E-state index contributed by atoms with van der Waals surface area (Å²) in [6.45, 7) is 0.654. The Hall–Kier alpha value is -1.39. The molecule has 0 aromatic heterocycles. The zero-order valence-electron chi connectivity index (χ0n) is 11.0. The molecule has 0 spiro atoms. The third kappa shape index (κ3) is 4.33. The molecule has 1 fully saturated rings. The third-order valence-electron chi connectivity index (χ3n) is 3.41. The van der Waals surface area contributed by atoms with Gasteiger partial charge in [0.15, 0.2) is 0 Å². The van der Waals surface area contributed by atoms with Crippen LogP contribution >= 0.6 is 0 Å². The van der Waals surface area contributed by atoms with Gasteiger partial charge in [0.2, 0.25) is 5.91 Å². The van der Waals surface area contributed by atoms with Crippen LogP contribution in [0.5, 0.6) is 0 Å². The van der Waals surface area contributed by atoms with Crippen molar-refractivity contribution in [2.75, 3.05) is 13.2 Å². The van der Waals surface area contributed by atoms with E-state index < -0.39 is 0 Å². The fraction of sp³-hybridized carbons (Fsp3) is 0.533. The molecule has 19 heavy (non-hydrogen) atoms. The van der Waals surface area contributed by atoms with Crippen LogP contribution in [0.3, 0.4) is 0 Å². The van der Waals surface area contributed by atoms with Crippen molar-refractivity contribution >= 4 is 5.91 Å². The summed E-state index contributed by atoms with van der Waals surface area (Å²) >= 11 is 0. The predicted molar refractivity (Wildman–Crippen MR) is 72.6 cm³/mol. The van der Waals surface area contributed by atoms with Crippen molar-refractivity contribution in [3.8, 4) is 0 Å². The van der Waals surface area contributed by atoms with Crippen LogP contribution in [0.1, 0.15) is 37.3 Å². The van der Waals surface area contributed by atoms with Gasteiger partial charge in [-0.05, 0) is 24.8 Å². The van der Waals surface area contributed by atoms with Gasteiger partial charge in [0.1, 0.15) is 0 Å². The van der Waals surface area contributed by atoms with E-state index in [9.17, 15) is 9.90 Å². The van der Waals surface area contributed by atoms with E-state index in [1.165, 1.54) is 0 Å². The van der Waals surface area contributed by atoms with Gasteiger partial charge >= 0.3 is 0 Å². The monoisotopic (exact) mass is 263 g/mol. The van der Waals surface area contributed by atoms with Crippen molar-refractivity contribution in [1.29, 1.82) is 0 Å². The minimum Gasteiger partial charge on any atom is -0.394 e. The molecule has 0 bridgehead atoms. The summed E-state index contributed by atoms with van der Waals surface area (Å²) in [7, 11) is 0. The van der Waals surface area contributed by atoms with E-state index in [1.807, 2.05) is 30.3 Å². The highest BCUT2D eigenvalue weighted by molar-refractivity contribution is 5.77. The van der Waals surface area contributed by atoms with Crippen molar-refractivity contribution in [2.24, 2.45) is 0 Å². The second-order valence-corrected chi connectivity index (χ2v) is 4.91. The van der Waals surface area contributed by atoms with Crippen molar-refractivity contribution in [1.82, 2.24) is 5.32 Å². The van der Waals surface area contributed by atoms with Crippen LogP contribution in [0, 0.1) is 0 Å². The molecule has 1 aliphatic heterocycles. The zero-order chi connectivity index (χ0) is 13.5. The Bertz CT molecular complexity index is 388. The first-order valence-electron chi connectivity index (χ1n) is 6.86. The summed E-state index contributed by atoms with van der Waals surface area (Å²) in [5, 5.41) is 12.2. The van der Waals surface area contributed by atoms with Crippen LogP contribution in [0.25, 0.3) is 0 Å². The Morgan fingerprint density at radius 3 is 2.79 bits per heavy atom. The van der Waals surface area contributed by atoms with Crippen LogP contribution in [0.2, 0.25) is 0 Å². The number of amides is 1. The molecule has 4 nitrogen and oxygen atoms in total. The minimum atomic E-state index is -0.336. The summed E-state index contributed by atoms with van der Waals surface area (Å²) in [6, 6.07) is 9.17. The first kappa shape index (κ1) is 14.0. The molecule has 1 aliphatic rings. The van der Waals surface area contributed by atoms with Crippen LogP contribution in [-0.4, -0.2) is 30.3 Å². The second-order valence-electron chi connectivity index (χ2n) is 4.91. The molecular formula is C15H21NO3. The van der Waals surface area contributed by atoms with E-state index in [0.29, 0.717) is 6.42 Å². The highest BCUT2D eigenvalue weighted by atomic mass is 16.5. The van der Waals surface area contributed by atoms with E-state index in [4.69, 9.17) is 4.74 Å². The molecule has 1 aromatic rings. The maximum Gasteiger partial charge on any atom is 0.223 e. The second kappa shape index (κ2) is 7.26. The van der Waals surface area contributed by atoms with E-state index in [-0.39, 0.29) is 24.7 Å². The SMILES string of the molecule is O=C(CC1CCCCO1)NC(CO)c1ccccc1. The maximum atomic E-state index is 12.0. The summed E-state index contributed by atoms with van der Waals surface area (Å²) in [4.78, 5) is 12.0. The Morgan fingerprint density at radius 2 is 2.16 bits per heavy atom. The third-order valence-corrected chi connectivity index (χ3v) is 3.41. The smallest absolute Gasteiger partial charge is 0.223 e. The minimum absolute atomic E-state index is 0.0314. The number of aliphatic hydroxyl groups excluding tert-OH is 1. The molecule has 2 N–H and O–H groups in total. The van der Waals surface area contributed by atoms with Gasteiger partial charge in [0, 0.05) is 6.61 Å². The highest BCUT2D eigenvalue weighted by Crippen LogP contribution is 2.17. The Balaban J connectivity index is 1.85. The lowest BCUT2D eigenvalue weighted by atomic mass is 10.0. The molecule has 1 saturated heterocycles. The molecule has 1 amide bonds. The fourth-order valence-corrected chi connectivity index (χ4v) is 2.35. The average Bonchev–Trinajstić information content (AvgIpc) is 2.47. The molecule has 0 radical (unpaired) electrons. The number of aliphatic hydroxyl groups is 1. The number of hydrogen-bond acceptors (Lipinski definition) is 3. The van der Waals surface area contributed by atoms with Gasteiger partial charge < -0.3 is 15.2 Å². The molecule has 104 valence electrons. The zero-order valence-corrected chi connectivity index (χ0v) is 11.0. The number of benzene rings is 1. The van der Waals surface area contributed by atoms with Crippen LogP contribution in [-0.2, 0) is 9.53 Å². The Labute approximate surface area is 113 Å². The van der Waals surface area contributed by atoms with Crippen molar-refractivity contribution < 1.29 is 14.6 Å². The average molecular weight is 263 g/mol. The number of carbonyl (C=O) groups excluding carboxylic acids is 1. The first-order chi connectivity index (χ1) is 9.29. The molecule has 0 aliphatic carbocycles. The lowest BCUT2D eigenvalue weighted by Gasteiger charge is -2.23. The number of nitrogens with one attached hydrogen (secondary N) is 1. The number of hydrogen-bond donors (Lipinski definition) is 2. The van der Waals surface area contributed by atoms with Gasteiger partial charge in [0.25, 0.3) is 0 Å². The number of carbonyl (C=O) groups is 1. The highest BCUT2D eigenvalue weighted by Gasteiger charge is 2.20. The summed E-state index contributed by atoms with van der Waals surface area (Å²) in [5.41, 5.74) is 0.919. The summed E-state index contributed by atoms with van der Waals surface area (Å²) < 4.78 is 5.55. The Morgan fingerprint density at radius 1 is 1.37 bits per heavy atom. The molecule has 1 heterocycles. The van der Waals surface area contributed by atoms with Gasteiger partial charge in [-0.15, -0.1) is 0 Å². The number of rotatable bonds is 5. The largest absolute Gasteiger partial charge is 0.394 e. The van der Waals surface area contributed by atoms with E-state index >= 15 is 0 Å². The van der Waals surface area contributed by atoms with E-state index in [1.54, 1.807) is 0 Å². The molecule has 0 saturated carbocycles. The van der Waals surface area contributed by atoms with Crippen molar-refractivity contribution in [3.63, 3.8) is 0 Å². The number of ether oxygens (including phenoxy) is 1. The van der Waals surface area contributed by atoms with Crippen molar-refractivity contribution in [2.45, 2.75) is 37.8 Å². The predicted octanol–water partition coefficient (Wildman–Crippen LogP) is 1.80. The molecule has 2 rings (SSSR count).